The average molecular weight is 299 g/mol. The highest BCUT2D eigenvalue weighted by Crippen LogP contribution is 2.10. The molecule has 0 aromatic heterocycles. The lowest BCUT2D eigenvalue weighted by molar-refractivity contribution is 0.0951. The Kier molecular flexibility index (Phi) is 5.39. The summed E-state index contributed by atoms with van der Waals surface area (Å²) in [7, 11) is 0. The molecule has 21 heavy (non-hydrogen) atoms. The SMILES string of the molecule is NCC#Cc1cccc(CNC(=O)c2ccc(Cl)cc2)c1. The Morgan fingerprint density at radius 3 is 2.67 bits per heavy atom. The Balaban J connectivity index is 1.99. The third-order valence-corrected chi connectivity index (χ3v) is 3.07. The number of rotatable bonds is 3. The van der Waals surface area contributed by atoms with Gasteiger partial charge in [0.15, 0.2) is 0 Å². The van der Waals surface area contributed by atoms with Gasteiger partial charge in [0.1, 0.15) is 0 Å². The zero-order valence-corrected chi connectivity index (χ0v) is 12.2. The van der Waals surface area contributed by atoms with E-state index in [0.717, 1.165) is 11.1 Å². The fraction of sp³-hybridized carbons (Fsp3) is 0.118. The zero-order chi connectivity index (χ0) is 15.1. The van der Waals surface area contributed by atoms with Crippen molar-refractivity contribution in [3.63, 3.8) is 0 Å². The van der Waals surface area contributed by atoms with E-state index in [0.29, 0.717) is 23.7 Å². The molecule has 4 heteroatoms. The van der Waals surface area contributed by atoms with Crippen LogP contribution < -0.4 is 11.1 Å². The van der Waals surface area contributed by atoms with E-state index in [9.17, 15) is 4.79 Å². The van der Waals surface area contributed by atoms with Crippen molar-refractivity contribution in [1.29, 1.82) is 0 Å². The van der Waals surface area contributed by atoms with E-state index in [1.54, 1.807) is 24.3 Å². The lowest BCUT2D eigenvalue weighted by Crippen LogP contribution is -2.22. The van der Waals surface area contributed by atoms with Gasteiger partial charge >= 0.3 is 0 Å². The molecular formula is C17H15ClN2O. The monoisotopic (exact) mass is 298 g/mol. The van der Waals surface area contributed by atoms with E-state index in [1.807, 2.05) is 24.3 Å². The third kappa shape index (κ3) is 4.64. The second-order valence-electron chi connectivity index (χ2n) is 4.40. The number of halogens is 1. The van der Waals surface area contributed by atoms with E-state index in [1.165, 1.54) is 0 Å². The molecule has 0 radical (unpaired) electrons. The van der Waals surface area contributed by atoms with Crippen LogP contribution in [0.2, 0.25) is 5.02 Å². The molecule has 3 N–H and O–H groups in total. The Labute approximate surface area is 129 Å². The van der Waals surface area contributed by atoms with Crippen molar-refractivity contribution in [1.82, 2.24) is 5.32 Å². The first kappa shape index (κ1) is 15.1. The summed E-state index contributed by atoms with van der Waals surface area (Å²) in [4.78, 5) is 12.0. The van der Waals surface area contributed by atoms with E-state index in [2.05, 4.69) is 17.2 Å². The summed E-state index contributed by atoms with van der Waals surface area (Å²) < 4.78 is 0. The number of nitrogens with one attached hydrogen (secondary N) is 1. The Hall–Kier alpha value is -2.28. The molecule has 3 nitrogen and oxygen atoms in total. The largest absolute Gasteiger partial charge is 0.348 e. The van der Waals surface area contributed by atoms with Crippen LogP contribution in [0.3, 0.4) is 0 Å². The number of hydrogen-bond donors (Lipinski definition) is 2. The predicted octanol–water partition coefficient (Wildman–Crippen LogP) is 2.58. The minimum absolute atomic E-state index is 0.134. The van der Waals surface area contributed by atoms with Gasteiger partial charge in [-0.3, -0.25) is 4.79 Å². The number of carbonyl (C=O) groups excluding carboxylic acids is 1. The summed E-state index contributed by atoms with van der Waals surface area (Å²) in [6.45, 7) is 0.775. The van der Waals surface area contributed by atoms with Crippen LogP contribution in [-0.4, -0.2) is 12.5 Å². The highest BCUT2D eigenvalue weighted by atomic mass is 35.5. The van der Waals surface area contributed by atoms with E-state index >= 15 is 0 Å². The van der Waals surface area contributed by atoms with Crippen molar-refractivity contribution in [3.8, 4) is 11.8 Å². The number of amides is 1. The summed E-state index contributed by atoms with van der Waals surface area (Å²) in [5.41, 5.74) is 7.80. The second kappa shape index (κ2) is 7.49. The Bertz CT molecular complexity index is 684. The van der Waals surface area contributed by atoms with Gasteiger partial charge in [-0.15, -0.1) is 0 Å². The molecule has 2 aromatic carbocycles. The first-order valence-corrected chi connectivity index (χ1v) is 6.88. The van der Waals surface area contributed by atoms with E-state index < -0.39 is 0 Å². The molecule has 0 bridgehead atoms. The van der Waals surface area contributed by atoms with Gasteiger partial charge in [0, 0.05) is 22.7 Å². The number of nitrogens with two attached hydrogens (primary N) is 1. The van der Waals surface area contributed by atoms with Crippen molar-refractivity contribution in [2.45, 2.75) is 6.54 Å². The van der Waals surface area contributed by atoms with Gasteiger partial charge in [-0.05, 0) is 42.0 Å². The molecule has 0 atom stereocenters. The summed E-state index contributed by atoms with van der Waals surface area (Å²) in [6.07, 6.45) is 0. The first-order chi connectivity index (χ1) is 10.2. The van der Waals surface area contributed by atoms with E-state index in [4.69, 9.17) is 17.3 Å². The predicted molar refractivity (Wildman–Crippen MR) is 85.0 cm³/mol. The second-order valence-corrected chi connectivity index (χ2v) is 4.83. The normalized spacial score (nSPS) is 9.62. The van der Waals surface area contributed by atoms with Gasteiger partial charge in [0.05, 0.1) is 6.54 Å². The van der Waals surface area contributed by atoms with Crippen molar-refractivity contribution in [2.24, 2.45) is 5.73 Å². The van der Waals surface area contributed by atoms with Crippen molar-refractivity contribution in [2.75, 3.05) is 6.54 Å². The van der Waals surface area contributed by atoms with Crippen LogP contribution in [0.15, 0.2) is 48.5 Å². The van der Waals surface area contributed by atoms with Gasteiger partial charge < -0.3 is 11.1 Å². The summed E-state index contributed by atoms with van der Waals surface area (Å²) in [5, 5.41) is 3.47. The topological polar surface area (TPSA) is 55.1 Å². The third-order valence-electron chi connectivity index (χ3n) is 2.82. The summed E-state index contributed by atoms with van der Waals surface area (Å²) in [6, 6.07) is 14.5. The quantitative estimate of drug-likeness (QED) is 0.856. The molecule has 0 unspecified atom stereocenters. The van der Waals surface area contributed by atoms with Gasteiger partial charge in [-0.25, -0.2) is 0 Å². The highest BCUT2D eigenvalue weighted by molar-refractivity contribution is 6.30. The fourth-order valence-electron chi connectivity index (χ4n) is 1.80. The van der Waals surface area contributed by atoms with Crippen LogP contribution in [0.1, 0.15) is 21.5 Å². The Morgan fingerprint density at radius 1 is 1.19 bits per heavy atom. The standard InChI is InChI=1S/C17H15ClN2O/c18-16-8-6-15(7-9-16)17(21)20-12-14-4-1-3-13(11-14)5-2-10-19/h1,3-4,6-9,11H,10,12,19H2,(H,20,21). The lowest BCUT2D eigenvalue weighted by Gasteiger charge is -2.06. The van der Waals surface area contributed by atoms with Crippen LogP contribution in [0, 0.1) is 11.8 Å². The minimum atomic E-state index is -0.134. The van der Waals surface area contributed by atoms with Crippen LogP contribution >= 0.6 is 11.6 Å². The first-order valence-electron chi connectivity index (χ1n) is 6.50. The molecule has 0 heterocycles. The van der Waals surface area contributed by atoms with Crippen molar-refractivity contribution in [3.05, 3.63) is 70.2 Å². The van der Waals surface area contributed by atoms with Crippen molar-refractivity contribution < 1.29 is 4.79 Å². The highest BCUT2D eigenvalue weighted by Gasteiger charge is 2.04. The minimum Gasteiger partial charge on any atom is -0.348 e. The molecule has 2 aromatic rings. The molecule has 1 amide bonds. The molecule has 2 rings (SSSR count). The maximum atomic E-state index is 12.0. The number of hydrogen-bond acceptors (Lipinski definition) is 2. The van der Waals surface area contributed by atoms with Gasteiger partial charge in [-0.2, -0.15) is 0 Å². The maximum Gasteiger partial charge on any atom is 0.251 e. The summed E-state index contributed by atoms with van der Waals surface area (Å²) >= 11 is 5.79. The molecule has 0 aliphatic rings. The lowest BCUT2D eigenvalue weighted by atomic mass is 10.1. The smallest absolute Gasteiger partial charge is 0.251 e. The maximum absolute atomic E-state index is 12.0. The van der Waals surface area contributed by atoms with Crippen LogP contribution in [0.4, 0.5) is 0 Å². The molecule has 0 aliphatic carbocycles. The zero-order valence-electron chi connectivity index (χ0n) is 11.4. The molecule has 0 fully saturated rings. The molecule has 0 saturated heterocycles. The molecule has 106 valence electrons. The van der Waals surface area contributed by atoms with Crippen molar-refractivity contribution >= 4 is 17.5 Å². The molecule has 0 spiro atoms. The van der Waals surface area contributed by atoms with Crippen LogP contribution in [0.25, 0.3) is 0 Å². The molecule has 0 aliphatic heterocycles. The molecular weight excluding hydrogens is 284 g/mol. The van der Waals surface area contributed by atoms with Gasteiger partial charge in [0.25, 0.3) is 5.91 Å². The number of benzene rings is 2. The van der Waals surface area contributed by atoms with Gasteiger partial charge in [-0.1, -0.05) is 35.6 Å². The Morgan fingerprint density at radius 2 is 1.95 bits per heavy atom. The summed E-state index contributed by atoms with van der Waals surface area (Å²) in [5.74, 6) is 5.64. The van der Waals surface area contributed by atoms with Crippen LogP contribution in [0.5, 0.6) is 0 Å². The molecule has 0 saturated carbocycles. The van der Waals surface area contributed by atoms with Crippen LogP contribution in [-0.2, 0) is 6.54 Å². The fourth-order valence-corrected chi connectivity index (χ4v) is 1.92. The van der Waals surface area contributed by atoms with Gasteiger partial charge in [0.2, 0.25) is 0 Å². The average Bonchev–Trinajstić information content (AvgIpc) is 2.52. The number of carbonyl (C=O) groups is 1. The van der Waals surface area contributed by atoms with E-state index in [-0.39, 0.29) is 5.91 Å².